The van der Waals surface area contributed by atoms with Gasteiger partial charge in [0.15, 0.2) is 0 Å². The highest BCUT2D eigenvalue weighted by Crippen LogP contribution is 2.41. The van der Waals surface area contributed by atoms with Gasteiger partial charge in [-0.2, -0.15) is 0 Å². The Kier molecular flexibility index (Phi) is 4.28. The maximum absolute atomic E-state index is 6.21. The Bertz CT molecular complexity index is 396. The van der Waals surface area contributed by atoms with E-state index in [1.54, 1.807) is 13.2 Å². The average molecular weight is 275 g/mol. The summed E-state index contributed by atoms with van der Waals surface area (Å²) < 4.78 is 5.53. The number of ether oxygens (including phenoxy) is 1. The Balaban J connectivity index is 2.30. The van der Waals surface area contributed by atoms with Crippen LogP contribution in [0.25, 0.3) is 0 Å². The molecular weight excluding hydrogens is 259 g/mol. The minimum Gasteiger partial charge on any atom is -0.379 e. The van der Waals surface area contributed by atoms with Crippen molar-refractivity contribution in [2.45, 2.75) is 25.0 Å². The van der Waals surface area contributed by atoms with E-state index in [-0.39, 0.29) is 12.1 Å². The quantitative estimate of drug-likeness (QED) is 0.641. The third-order valence-corrected chi connectivity index (χ3v) is 4.02. The Morgan fingerprint density at radius 3 is 2.65 bits per heavy atom. The predicted molar refractivity (Wildman–Crippen MR) is 70.0 cm³/mol. The highest BCUT2D eigenvalue weighted by atomic mass is 35.5. The van der Waals surface area contributed by atoms with Gasteiger partial charge in [-0.1, -0.05) is 35.3 Å². The van der Waals surface area contributed by atoms with Gasteiger partial charge in [0.2, 0.25) is 0 Å². The molecule has 0 bridgehead atoms. The minimum atomic E-state index is -0.126. The molecule has 1 aliphatic carbocycles. The van der Waals surface area contributed by atoms with E-state index in [9.17, 15) is 0 Å². The van der Waals surface area contributed by atoms with E-state index in [1.807, 2.05) is 12.1 Å². The maximum Gasteiger partial charge on any atom is 0.0807 e. The molecule has 1 aromatic carbocycles. The van der Waals surface area contributed by atoms with Crippen molar-refractivity contribution in [2.24, 2.45) is 11.8 Å². The second-order valence-electron chi connectivity index (χ2n) is 4.33. The summed E-state index contributed by atoms with van der Waals surface area (Å²) in [5.41, 5.74) is 3.68. The topological polar surface area (TPSA) is 47.3 Å². The van der Waals surface area contributed by atoms with Gasteiger partial charge in [-0.3, -0.25) is 11.3 Å². The zero-order valence-electron chi connectivity index (χ0n) is 9.62. The molecule has 1 fully saturated rings. The van der Waals surface area contributed by atoms with Crippen LogP contribution in [0.5, 0.6) is 0 Å². The van der Waals surface area contributed by atoms with E-state index in [4.69, 9.17) is 33.8 Å². The van der Waals surface area contributed by atoms with E-state index in [0.717, 1.165) is 5.56 Å². The molecule has 17 heavy (non-hydrogen) atoms. The highest BCUT2D eigenvalue weighted by Gasteiger charge is 2.38. The first kappa shape index (κ1) is 13.1. The summed E-state index contributed by atoms with van der Waals surface area (Å²) in [6.07, 6.45) is 2.39. The van der Waals surface area contributed by atoms with E-state index >= 15 is 0 Å². The van der Waals surface area contributed by atoms with Crippen LogP contribution in [0.15, 0.2) is 18.2 Å². The fraction of sp³-hybridized carbons (Fsp3) is 0.500. The van der Waals surface area contributed by atoms with Gasteiger partial charge in [0.05, 0.1) is 22.2 Å². The van der Waals surface area contributed by atoms with Crippen LogP contribution in [-0.4, -0.2) is 13.2 Å². The smallest absolute Gasteiger partial charge is 0.0807 e. The summed E-state index contributed by atoms with van der Waals surface area (Å²) in [5, 5.41) is 1.08. The second kappa shape index (κ2) is 5.55. The van der Waals surface area contributed by atoms with Gasteiger partial charge in [-0.25, -0.2) is 0 Å². The van der Waals surface area contributed by atoms with Gasteiger partial charge in [0, 0.05) is 7.11 Å². The lowest BCUT2D eigenvalue weighted by molar-refractivity contribution is 0.0507. The molecule has 3 nitrogen and oxygen atoms in total. The van der Waals surface area contributed by atoms with Gasteiger partial charge < -0.3 is 4.74 Å². The molecule has 1 saturated carbocycles. The molecular formula is C12H16Cl2N2O. The molecule has 2 atom stereocenters. The van der Waals surface area contributed by atoms with Crippen LogP contribution in [0, 0.1) is 5.92 Å². The summed E-state index contributed by atoms with van der Waals surface area (Å²) >= 11 is 12.2. The number of halogens is 2. The summed E-state index contributed by atoms with van der Waals surface area (Å²) in [5.74, 6) is 6.19. The molecule has 1 aliphatic rings. The molecule has 3 N–H and O–H groups in total. The van der Waals surface area contributed by atoms with Gasteiger partial charge in [-0.05, 0) is 30.4 Å². The SMILES string of the molecule is COC(C1CC1)C(NN)c1cccc(Cl)c1Cl. The van der Waals surface area contributed by atoms with Gasteiger partial charge >= 0.3 is 0 Å². The first-order valence-electron chi connectivity index (χ1n) is 5.62. The number of benzene rings is 1. The third-order valence-electron chi connectivity index (χ3n) is 3.18. The van der Waals surface area contributed by atoms with Crippen LogP contribution >= 0.6 is 23.2 Å². The van der Waals surface area contributed by atoms with Crippen LogP contribution in [0.3, 0.4) is 0 Å². The van der Waals surface area contributed by atoms with Crippen molar-refractivity contribution in [3.8, 4) is 0 Å². The molecule has 5 heteroatoms. The van der Waals surface area contributed by atoms with E-state index in [0.29, 0.717) is 16.0 Å². The standard InChI is InChI=1S/C12H16Cl2N2O/c1-17-12(7-5-6-7)11(16-15)8-3-2-4-9(13)10(8)14/h2-4,7,11-12,16H,5-6,15H2,1H3. The predicted octanol–water partition coefficient (Wildman–Crippen LogP) is 2.92. The normalized spacial score (nSPS) is 19.1. The van der Waals surface area contributed by atoms with Crippen molar-refractivity contribution in [1.82, 2.24) is 5.43 Å². The molecule has 0 amide bonds. The Morgan fingerprint density at radius 1 is 1.41 bits per heavy atom. The summed E-state index contributed by atoms with van der Waals surface area (Å²) in [7, 11) is 1.70. The molecule has 0 aromatic heterocycles. The zero-order chi connectivity index (χ0) is 12.4. The van der Waals surface area contributed by atoms with Crippen molar-refractivity contribution in [3.63, 3.8) is 0 Å². The number of nitrogens with two attached hydrogens (primary N) is 1. The molecule has 0 radical (unpaired) electrons. The van der Waals surface area contributed by atoms with Crippen molar-refractivity contribution in [2.75, 3.05) is 7.11 Å². The van der Waals surface area contributed by atoms with Crippen molar-refractivity contribution in [3.05, 3.63) is 33.8 Å². The van der Waals surface area contributed by atoms with Gasteiger partial charge in [-0.15, -0.1) is 0 Å². The average Bonchev–Trinajstić information content (AvgIpc) is 3.14. The Hall–Kier alpha value is -0.320. The molecule has 0 aliphatic heterocycles. The van der Waals surface area contributed by atoms with Crippen LogP contribution in [0.4, 0.5) is 0 Å². The van der Waals surface area contributed by atoms with Crippen molar-refractivity contribution < 1.29 is 4.74 Å². The first-order chi connectivity index (χ1) is 8.19. The van der Waals surface area contributed by atoms with E-state index < -0.39 is 0 Å². The summed E-state index contributed by atoms with van der Waals surface area (Å²) in [6, 6.07) is 5.43. The number of nitrogens with one attached hydrogen (secondary N) is 1. The molecule has 0 spiro atoms. The van der Waals surface area contributed by atoms with E-state index in [2.05, 4.69) is 5.43 Å². The lowest BCUT2D eigenvalue weighted by atomic mass is 9.98. The molecule has 0 saturated heterocycles. The molecule has 94 valence electrons. The molecule has 2 rings (SSSR count). The minimum absolute atomic E-state index is 0.0379. The highest BCUT2D eigenvalue weighted by molar-refractivity contribution is 6.42. The fourth-order valence-corrected chi connectivity index (χ4v) is 2.57. The number of hydrazine groups is 1. The summed E-state index contributed by atoms with van der Waals surface area (Å²) in [4.78, 5) is 0. The number of hydrogen-bond acceptors (Lipinski definition) is 3. The fourth-order valence-electron chi connectivity index (χ4n) is 2.15. The van der Waals surface area contributed by atoms with Crippen molar-refractivity contribution >= 4 is 23.2 Å². The lowest BCUT2D eigenvalue weighted by Gasteiger charge is -2.26. The molecule has 2 unspecified atom stereocenters. The largest absolute Gasteiger partial charge is 0.379 e. The maximum atomic E-state index is 6.21. The van der Waals surface area contributed by atoms with E-state index in [1.165, 1.54) is 12.8 Å². The Labute approximate surface area is 111 Å². The third kappa shape index (κ3) is 2.75. The monoisotopic (exact) mass is 274 g/mol. The van der Waals surface area contributed by atoms with Crippen molar-refractivity contribution in [1.29, 1.82) is 0 Å². The zero-order valence-corrected chi connectivity index (χ0v) is 11.1. The van der Waals surface area contributed by atoms with Crippen LogP contribution in [0.1, 0.15) is 24.4 Å². The summed E-state index contributed by atoms with van der Waals surface area (Å²) in [6.45, 7) is 0. The van der Waals surface area contributed by atoms with Gasteiger partial charge in [0.25, 0.3) is 0 Å². The number of hydrogen-bond donors (Lipinski definition) is 2. The number of methoxy groups -OCH3 is 1. The first-order valence-corrected chi connectivity index (χ1v) is 6.37. The van der Waals surface area contributed by atoms with Crippen LogP contribution in [-0.2, 0) is 4.74 Å². The lowest BCUT2D eigenvalue weighted by Crippen LogP contribution is -2.39. The second-order valence-corrected chi connectivity index (χ2v) is 5.11. The van der Waals surface area contributed by atoms with Crippen LogP contribution < -0.4 is 11.3 Å². The Morgan fingerprint density at radius 2 is 2.12 bits per heavy atom. The molecule has 1 aromatic rings. The molecule has 0 heterocycles. The number of rotatable bonds is 5. The van der Waals surface area contributed by atoms with Crippen LogP contribution in [0.2, 0.25) is 10.0 Å². The van der Waals surface area contributed by atoms with Gasteiger partial charge in [0.1, 0.15) is 0 Å².